The lowest BCUT2D eigenvalue weighted by Gasteiger charge is -2.20. The lowest BCUT2D eigenvalue weighted by Crippen LogP contribution is -2.40. The SMILES string of the molecule is Cc1cc(CNCCNC(C)(C)C)co1. The molecule has 0 aliphatic carbocycles. The normalized spacial score (nSPS) is 12.0. The minimum absolute atomic E-state index is 0.202. The molecule has 0 saturated heterocycles. The first-order valence-electron chi connectivity index (χ1n) is 5.47. The molecule has 0 radical (unpaired) electrons. The van der Waals surface area contributed by atoms with Crippen LogP contribution in [0.3, 0.4) is 0 Å². The highest BCUT2D eigenvalue weighted by Gasteiger charge is 2.06. The van der Waals surface area contributed by atoms with Crippen LogP contribution in [0.1, 0.15) is 32.1 Å². The van der Waals surface area contributed by atoms with Crippen molar-refractivity contribution >= 4 is 0 Å². The number of hydrogen-bond acceptors (Lipinski definition) is 3. The van der Waals surface area contributed by atoms with Crippen LogP contribution in [0.5, 0.6) is 0 Å². The van der Waals surface area contributed by atoms with Crippen LogP contribution in [0.15, 0.2) is 16.7 Å². The zero-order chi connectivity index (χ0) is 11.3. The average Bonchev–Trinajstić information content (AvgIpc) is 2.49. The van der Waals surface area contributed by atoms with Crippen LogP contribution in [-0.4, -0.2) is 18.6 Å². The van der Waals surface area contributed by atoms with Crippen molar-refractivity contribution in [2.45, 2.75) is 39.8 Å². The predicted molar refractivity (Wildman–Crippen MR) is 62.9 cm³/mol. The Balaban J connectivity index is 2.07. The summed E-state index contributed by atoms with van der Waals surface area (Å²) in [5.74, 6) is 0.972. The average molecular weight is 210 g/mol. The molecule has 0 atom stereocenters. The van der Waals surface area contributed by atoms with Gasteiger partial charge in [0.25, 0.3) is 0 Å². The Labute approximate surface area is 92.2 Å². The fraction of sp³-hybridized carbons (Fsp3) is 0.667. The van der Waals surface area contributed by atoms with Crippen molar-refractivity contribution in [1.29, 1.82) is 0 Å². The summed E-state index contributed by atoms with van der Waals surface area (Å²) >= 11 is 0. The summed E-state index contributed by atoms with van der Waals surface area (Å²) in [5, 5.41) is 6.79. The fourth-order valence-electron chi connectivity index (χ4n) is 1.35. The molecule has 1 heterocycles. The summed E-state index contributed by atoms with van der Waals surface area (Å²) in [4.78, 5) is 0. The van der Waals surface area contributed by atoms with Crippen LogP contribution < -0.4 is 10.6 Å². The molecule has 0 aliphatic heterocycles. The van der Waals surface area contributed by atoms with Crippen LogP contribution >= 0.6 is 0 Å². The van der Waals surface area contributed by atoms with Crippen molar-refractivity contribution in [3.63, 3.8) is 0 Å². The second-order valence-electron chi connectivity index (χ2n) is 4.92. The van der Waals surface area contributed by atoms with Gasteiger partial charge >= 0.3 is 0 Å². The standard InChI is InChI=1S/C12H22N2O/c1-10-7-11(9-15-10)8-13-5-6-14-12(2,3)4/h7,9,13-14H,5-6,8H2,1-4H3. The van der Waals surface area contributed by atoms with Crippen molar-refractivity contribution in [3.05, 3.63) is 23.7 Å². The maximum absolute atomic E-state index is 5.22. The minimum atomic E-state index is 0.202. The molecule has 0 saturated carbocycles. The molecule has 0 fully saturated rings. The molecule has 1 aromatic rings. The van der Waals surface area contributed by atoms with E-state index in [1.807, 2.05) is 6.92 Å². The highest BCUT2D eigenvalue weighted by molar-refractivity contribution is 5.11. The summed E-state index contributed by atoms with van der Waals surface area (Å²) < 4.78 is 5.22. The lowest BCUT2D eigenvalue weighted by atomic mass is 10.1. The van der Waals surface area contributed by atoms with Gasteiger partial charge in [-0.3, -0.25) is 0 Å². The predicted octanol–water partition coefficient (Wildman–Crippen LogP) is 2.07. The number of hydrogen-bond donors (Lipinski definition) is 2. The van der Waals surface area contributed by atoms with E-state index >= 15 is 0 Å². The van der Waals surface area contributed by atoms with Gasteiger partial charge in [-0.25, -0.2) is 0 Å². The van der Waals surface area contributed by atoms with Gasteiger partial charge in [0.05, 0.1) is 6.26 Å². The van der Waals surface area contributed by atoms with E-state index in [-0.39, 0.29) is 5.54 Å². The monoisotopic (exact) mass is 210 g/mol. The van der Waals surface area contributed by atoms with Gasteiger partial charge in [0.15, 0.2) is 0 Å². The van der Waals surface area contributed by atoms with Gasteiger partial charge in [-0.15, -0.1) is 0 Å². The van der Waals surface area contributed by atoms with E-state index in [0.29, 0.717) is 0 Å². The Morgan fingerprint density at radius 2 is 2.00 bits per heavy atom. The Morgan fingerprint density at radius 1 is 1.27 bits per heavy atom. The summed E-state index contributed by atoms with van der Waals surface area (Å²) in [6.07, 6.45) is 1.81. The van der Waals surface area contributed by atoms with Gasteiger partial charge in [-0.05, 0) is 33.8 Å². The van der Waals surface area contributed by atoms with Crippen molar-refractivity contribution in [2.24, 2.45) is 0 Å². The van der Waals surface area contributed by atoms with Crippen molar-refractivity contribution in [3.8, 4) is 0 Å². The van der Waals surface area contributed by atoms with E-state index in [9.17, 15) is 0 Å². The quantitative estimate of drug-likeness (QED) is 0.731. The molecular formula is C12H22N2O. The molecule has 0 spiro atoms. The van der Waals surface area contributed by atoms with E-state index in [2.05, 4.69) is 37.5 Å². The van der Waals surface area contributed by atoms with Gasteiger partial charge < -0.3 is 15.1 Å². The topological polar surface area (TPSA) is 37.2 Å². The summed E-state index contributed by atoms with van der Waals surface area (Å²) in [6, 6.07) is 2.06. The molecule has 0 bridgehead atoms. The van der Waals surface area contributed by atoms with Gasteiger partial charge in [0.1, 0.15) is 5.76 Å². The van der Waals surface area contributed by atoms with E-state index in [1.54, 1.807) is 6.26 Å². The van der Waals surface area contributed by atoms with E-state index < -0.39 is 0 Å². The van der Waals surface area contributed by atoms with Gasteiger partial charge in [-0.2, -0.15) is 0 Å². The first kappa shape index (κ1) is 12.3. The number of aryl methyl sites for hydroxylation is 1. The molecule has 0 amide bonds. The Morgan fingerprint density at radius 3 is 2.53 bits per heavy atom. The molecule has 0 aliphatic rings. The third-order valence-corrected chi connectivity index (χ3v) is 2.07. The zero-order valence-electron chi connectivity index (χ0n) is 10.2. The van der Waals surface area contributed by atoms with Crippen LogP contribution in [0, 0.1) is 6.92 Å². The first-order valence-corrected chi connectivity index (χ1v) is 5.47. The van der Waals surface area contributed by atoms with Gasteiger partial charge in [0, 0.05) is 30.7 Å². The molecule has 3 heteroatoms. The molecule has 3 nitrogen and oxygen atoms in total. The van der Waals surface area contributed by atoms with Gasteiger partial charge in [0.2, 0.25) is 0 Å². The number of rotatable bonds is 5. The molecule has 86 valence electrons. The molecule has 1 rings (SSSR count). The lowest BCUT2D eigenvalue weighted by molar-refractivity contribution is 0.421. The largest absolute Gasteiger partial charge is 0.469 e. The third kappa shape index (κ3) is 5.60. The van der Waals surface area contributed by atoms with Crippen LogP contribution in [0.2, 0.25) is 0 Å². The number of furan rings is 1. The molecule has 1 aromatic heterocycles. The Bertz CT molecular complexity index is 286. The van der Waals surface area contributed by atoms with Gasteiger partial charge in [-0.1, -0.05) is 0 Å². The number of nitrogens with one attached hydrogen (secondary N) is 2. The molecular weight excluding hydrogens is 188 g/mol. The van der Waals surface area contributed by atoms with Crippen LogP contribution in [0.4, 0.5) is 0 Å². The van der Waals surface area contributed by atoms with Crippen molar-refractivity contribution < 1.29 is 4.42 Å². The highest BCUT2D eigenvalue weighted by Crippen LogP contribution is 2.05. The molecule has 0 aromatic carbocycles. The highest BCUT2D eigenvalue weighted by atomic mass is 16.3. The Hall–Kier alpha value is -0.800. The van der Waals surface area contributed by atoms with Crippen molar-refractivity contribution in [2.75, 3.05) is 13.1 Å². The maximum Gasteiger partial charge on any atom is 0.101 e. The molecule has 0 unspecified atom stereocenters. The van der Waals surface area contributed by atoms with E-state index in [0.717, 1.165) is 25.4 Å². The first-order chi connectivity index (χ1) is 6.97. The smallest absolute Gasteiger partial charge is 0.101 e. The van der Waals surface area contributed by atoms with E-state index in [1.165, 1.54) is 5.56 Å². The molecule has 15 heavy (non-hydrogen) atoms. The second kappa shape index (κ2) is 5.33. The second-order valence-corrected chi connectivity index (χ2v) is 4.92. The van der Waals surface area contributed by atoms with Crippen LogP contribution in [-0.2, 0) is 6.54 Å². The minimum Gasteiger partial charge on any atom is -0.469 e. The van der Waals surface area contributed by atoms with Crippen molar-refractivity contribution in [1.82, 2.24) is 10.6 Å². The van der Waals surface area contributed by atoms with Crippen LogP contribution in [0.25, 0.3) is 0 Å². The summed E-state index contributed by atoms with van der Waals surface area (Å²) in [6.45, 7) is 11.3. The molecule has 2 N–H and O–H groups in total. The summed E-state index contributed by atoms with van der Waals surface area (Å²) in [7, 11) is 0. The summed E-state index contributed by atoms with van der Waals surface area (Å²) in [5.41, 5.74) is 1.41. The van der Waals surface area contributed by atoms with E-state index in [4.69, 9.17) is 4.42 Å². The maximum atomic E-state index is 5.22. The zero-order valence-corrected chi connectivity index (χ0v) is 10.2. The third-order valence-electron chi connectivity index (χ3n) is 2.07. The fourth-order valence-corrected chi connectivity index (χ4v) is 1.35. The Kier molecular flexibility index (Phi) is 4.36.